The highest BCUT2D eigenvalue weighted by atomic mass is 15.1. The molecular formula is C9H12N4. The molecule has 0 fully saturated rings. The van der Waals surface area contributed by atoms with Crippen LogP contribution in [0.1, 0.15) is 11.3 Å². The highest BCUT2D eigenvalue weighted by molar-refractivity contribution is 5.77. The Morgan fingerprint density at radius 1 is 1.31 bits per heavy atom. The highest BCUT2D eigenvalue weighted by Crippen LogP contribution is 2.16. The van der Waals surface area contributed by atoms with E-state index in [1.165, 1.54) is 5.56 Å². The van der Waals surface area contributed by atoms with Crippen LogP contribution in [0.5, 0.6) is 0 Å². The smallest absolute Gasteiger partial charge is 0.202 e. The van der Waals surface area contributed by atoms with E-state index in [9.17, 15) is 0 Å². The summed E-state index contributed by atoms with van der Waals surface area (Å²) in [5.74, 6) is 0.760. The van der Waals surface area contributed by atoms with Crippen LogP contribution in [-0.4, -0.2) is 22.0 Å². The number of aromatic amines is 1. The Balaban J connectivity index is 2.75. The third-order valence-corrected chi connectivity index (χ3v) is 2.02. The summed E-state index contributed by atoms with van der Waals surface area (Å²) < 4.78 is 0. The van der Waals surface area contributed by atoms with Gasteiger partial charge in [-0.15, -0.1) is 0 Å². The number of pyridine rings is 1. The van der Waals surface area contributed by atoms with Gasteiger partial charge in [0.15, 0.2) is 5.65 Å². The predicted octanol–water partition coefficient (Wildman–Crippen LogP) is 1.62. The summed E-state index contributed by atoms with van der Waals surface area (Å²) in [7, 11) is 1.83. The number of aromatic nitrogens is 3. The van der Waals surface area contributed by atoms with Crippen molar-refractivity contribution in [3.05, 3.63) is 17.3 Å². The number of aryl methyl sites for hydroxylation is 2. The number of nitrogens with zero attached hydrogens (tertiary/aromatic N) is 2. The van der Waals surface area contributed by atoms with Crippen molar-refractivity contribution in [3.63, 3.8) is 0 Å². The summed E-state index contributed by atoms with van der Waals surface area (Å²) >= 11 is 0. The van der Waals surface area contributed by atoms with Crippen LogP contribution in [0.3, 0.4) is 0 Å². The van der Waals surface area contributed by atoms with Crippen molar-refractivity contribution in [2.24, 2.45) is 0 Å². The summed E-state index contributed by atoms with van der Waals surface area (Å²) in [6.07, 6.45) is 0. The molecule has 0 aliphatic carbocycles. The van der Waals surface area contributed by atoms with E-state index in [1.807, 2.05) is 20.0 Å². The summed E-state index contributed by atoms with van der Waals surface area (Å²) in [5.41, 5.74) is 3.97. The lowest BCUT2D eigenvalue weighted by Crippen LogP contribution is -1.88. The Morgan fingerprint density at radius 2 is 2.08 bits per heavy atom. The largest absolute Gasteiger partial charge is 0.359 e. The Bertz CT molecular complexity index is 444. The Morgan fingerprint density at radius 3 is 2.77 bits per heavy atom. The van der Waals surface area contributed by atoms with Crippen LogP contribution < -0.4 is 5.32 Å². The molecule has 0 aromatic carbocycles. The molecule has 0 aliphatic heterocycles. The lowest BCUT2D eigenvalue weighted by atomic mass is 10.2. The van der Waals surface area contributed by atoms with Crippen LogP contribution in [0.25, 0.3) is 11.2 Å². The van der Waals surface area contributed by atoms with E-state index >= 15 is 0 Å². The molecule has 68 valence electrons. The van der Waals surface area contributed by atoms with Crippen molar-refractivity contribution >= 4 is 17.1 Å². The van der Waals surface area contributed by atoms with Crippen LogP contribution in [0.15, 0.2) is 6.07 Å². The van der Waals surface area contributed by atoms with Gasteiger partial charge in [0.25, 0.3) is 0 Å². The van der Waals surface area contributed by atoms with Crippen LogP contribution in [0.2, 0.25) is 0 Å². The van der Waals surface area contributed by atoms with Gasteiger partial charge in [-0.3, -0.25) is 0 Å². The molecule has 2 aromatic rings. The average molecular weight is 176 g/mol. The summed E-state index contributed by atoms with van der Waals surface area (Å²) in [4.78, 5) is 11.8. The molecule has 4 heteroatoms. The van der Waals surface area contributed by atoms with Gasteiger partial charge in [0.1, 0.15) is 0 Å². The Hall–Kier alpha value is -1.58. The normalized spacial score (nSPS) is 10.7. The zero-order chi connectivity index (χ0) is 9.42. The number of imidazole rings is 1. The zero-order valence-corrected chi connectivity index (χ0v) is 7.97. The van der Waals surface area contributed by atoms with Gasteiger partial charge in [0.05, 0.1) is 5.52 Å². The molecule has 0 aliphatic rings. The van der Waals surface area contributed by atoms with Gasteiger partial charge in [0.2, 0.25) is 5.95 Å². The molecule has 0 unspecified atom stereocenters. The fourth-order valence-corrected chi connectivity index (χ4v) is 1.42. The van der Waals surface area contributed by atoms with E-state index in [0.29, 0.717) is 0 Å². The van der Waals surface area contributed by atoms with Gasteiger partial charge in [-0.05, 0) is 25.5 Å². The third kappa shape index (κ3) is 1.24. The molecule has 0 atom stereocenters. The van der Waals surface area contributed by atoms with Crippen LogP contribution >= 0.6 is 0 Å². The van der Waals surface area contributed by atoms with Gasteiger partial charge in [-0.1, -0.05) is 0 Å². The molecule has 13 heavy (non-hydrogen) atoms. The average Bonchev–Trinajstić information content (AvgIpc) is 2.47. The molecule has 0 bridgehead atoms. The second kappa shape index (κ2) is 2.73. The number of hydrogen-bond donors (Lipinski definition) is 2. The maximum Gasteiger partial charge on any atom is 0.202 e. The first kappa shape index (κ1) is 8.04. The molecule has 0 radical (unpaired) electrons. The fraction of sp³-hybridized carbons (Fsp3) is 0.333. The number of nitrogens with one attached hydrogen (secondary N) is 2. The minimum Gasteiger partial charge on any atom is -0.359 e. The lowest BCUT2D eigenvalue weighted by Gasteiger charge is -1.95. The van der Waals surface area contributed by atoms with Crippen molar-refractivity contribution in [2.45, 2.75) is 13.8 Å². The predicted molar refractivity (Wildman–Crippen MR) is 52.9 cm³/mol. The van der Waals surface area contributed by atoms with Crippen molar-refractivity contribution in [1.82, 2.24) is 15.0 Å². The molecule has 0 spiro atoms. The second-order valence-electron chi connectivity index (χ2n) is 3.11. The number of anilines is 1. The minimum atomic E-state index is 0.760. The Kier molecular flexibility index (Phi) is 1.69. The van der Waals surface area contributed by atoms with E-state index in [0.717, 1.165) is 22.8 Å². The zero-order valence-electron chi connectivity index (χ0n) is 7.97. The number of hydrogen-bond acceptors (Lipinski definition) is 3. The standard InChI is InChI=1S/C9H12N4/c1-5-4-6(2)11-8-7(5)12-9(10-3)13-8/h4H,1-3H3,(H2,10,11,12,13). The van der Waals surface area contributed by atoms with Gasteiger partial charge in [0, 0.05) is 12.7 Å². The molecule has 0 saturated carbocycles. The first-order chi connectivity index (χ1) is 6.20. The van der Waals surface area contributed by atoms with Crippen LogP contribution in [-0.2, 0) is 0 Å². The van der Waals surface area contributed by atoms with Crippen LogP contribution in [0, 0.1) is 13.8 Å². The Labute approximate surface area is 76.4 Å². The first-order valence-electron chi connectivity index (χ1n) is 4.22. The van der Waals surface area contributed by atoms with E-state index in [2.05, 4.69) is 27.2 Å². The summed E-state index contributed by atoms with van der Waals surface area (Å²) in [5, 5.41) is 2.96. The van der Waals surface area contributed by atoms with E-state index in [4.69, 9.17) is 0 Å². The van der Waals surface area contributed by atoms with Crippen LogP contribution in [0.4, 0.5) is 5.95 Å². The van der Waals surface area contributed by atoms with E-state index < -0.39 is 0 Å². The number of rotatable bonds is 1. The third-order valence-electron chi connectivity index (χ3n) is 2.02. The molecule has 2 heterocycles. The van der Waals surface area contributed by atoms with Crippen molar-refractivity contribution in [3.8, 4) is 0 Å². The second-order valence-corrected chi connectivity index (χ2v) is 3.11. The highest BCUT2D eigenvalue weighted by Gasteiger charge is 2.05. The monoisotopic (exact) mass is 176 g/mol. The summed E-state index contributed by atoms with van der Waals surface area (Å²) in [6, 6.07) is 2.04. The van der Waals surface area contributed by atoms with E-state index in [-0.39, 0.29) is 0 Å². The molecule has 2 rings (SSSR count). The van der Waals surface area contributed by atoms with Crippen molar-refractivity contribution in [2.75, 3.05) is 12.4 Å². The molecule has 0 saturated heterocycles. The van der Waals surface area contributed by atoms with Crippen molar-refractivity contribution < 1.29 is 0 Å². The maximum absolute atomic E-state index is 4.32. The maximum atomic E-state index is 4.32. The minimum absolute atomic E-state index is 0.760. The molecule has 0 amide bonds. The van der Waals surface area contributed by atoms with Gasteiger partial charge in [-0.2, -0.15) is 4.98 Å². The number of H-pyrrole nitrogens is 1. The molecule has 2 N–H and O–H groups in total. The SMILES string of the molecule is CNc1nc2nc(C)cc(C)c2[nH]1. The quantitative estimate of drug-likeness (QED) is 0.694. The molecule has 4 nitrogen and oxygen atoms in total. The van der Waals surface area contributed by atoms with Gasteiger partial charge < -0.3 is 10.3 Å². The van der Waals surface area contributed by atoms with Crippen molar-refractivity contribution in [1.29, 1.82) is 0 Å². The topological polar surface area (TPSA) is 53.6 Å². The van der Waals surface area contributed by atoms with Gasteiger partial charge >= 0.3 is 0 Å². The summed E-state index contributed by atoms with van der Waals surface area (Å²) in [6.45, 7) is 4.02. The van der Waals surface area contributed by atoms with Gasteiger partial charge in [-0.25, -0.2) is 4.98 Å². The fourth-order valence-electron chi connectivity index (χ4n) is 1.42. The molecular weight excluding hydrogens is 164 g/mol. The number of fused-ring (bicyclic) bond motifs is 1. The lowest BCUT2D eigenvalue weighted by molar-refractivity contribution is 1.20. The molecule has 2 aromatic heterocycles. The van der Waals surface area contributed by atoms with E-state index in [1.54, 1.807) is 0 Å². The first-order valence-corrected chi connectivity index (χ1v) is 4.22.